The van der Waals surface area contributed by atoms with E-state index in [0.29, 0.717) is 12.6 Å². The Bertz CT molecular complexity index is 144. The van der Waals surface area contributed by atoms with Crippen LogP contribution in [-0.2, 0) is 0 Å². The van der Waals surface area contributed by atoms with Crippen molar-refractivity contribution in [3.8, 4) is 0 Å². The van der Waals surface area contributed by atoms with Gasteiger partial charge in [0, 0.05) is 12.6 Å². The fraction of sp³-hybridized carbons (Fsp3) is 0.778. The van der Waals surface area contributed by atoms with Gasteiger partial charge in [0.2, 0.25) is 0 Å². The predicted molar refractivity (Wildman–Crippen MR) is 46.5 cm³/mol. The summed E-state index contributed by atoms with van der Waals surface area (Å²) >= 11 is 0. The van der Waals surface area contributed by atoms with E-state index in [9.17, 15) is 0 Å². The Kier molecular flexibility index (Phi) is 3.09. The molecule has 0 unspecified atom stereocenters. The van der Waals surface area contributed by atoms with Gasteiger partial charge >= 0.3 is 0 Å². The zero-order valence-corrected chi connectivity index (χ0v) is 7.21. The van der Waals surface area contributed by atoms with Crippen LogP contribution in [0.3, 0.4) is 0 Å². The van der Waals surface area contributed by atoms with Crippen molar-refractivity contribution >= 4 is 0 Å². The third-order valence-corrected chi connectivity index (χ3v) is 2.18. The second kappa shape index (κ2) is 3.88. The van der Waals surface area contributed by atoms with Gasteiger partial charge in [0.1, 0.15) is 0 Å². The fourth-order valence-electron chi connectivity index (χ4n) is 1.66. The van der Waals surface area contributed by atoms with Crippen molar-refractivity contribution in [2.24, 2.45) is 0 Å². The summed E-state index contributed by atoms with van der Waals surface area (Å²) in [4.78, 5) is 2.31. The van der Waals surface area contributed by atoms with Crippen LogP contribution in [0.25, 0.3) is 0 Å². The molecule has 2 heteroatoms. The van der Waals surface area contributed by atoms with Crippen LogP contribution in [0.1, 0.15) is 19.8 Å². The van der Waals surface area contributed by atoms with Gasteiger partial charge in [-0.3, -0.25) is 4.90 Å². The molecule has 0 saturated carbocycles. The first-order chi connectivity index (χ1) is 5.24. The van der Waals surface area contributed by atoms with E-state index in [4.69, 9.17) is 5.11 Å². The molecule has 1 N–H and O–H groups in total. The summed E-state index contributed by atoms with van der Waals surface area (Å²) in [7, 11) is 0. The summed E-state index contributed by atoms with van der Waals surface area (Å²) < 4.78 is 0. The first-order valence-corrected chi connectivity index (χ1v) is 4.23. The molecule has 1 aliphatic heterocycles. The molecule has 11 heavy (non-hydrogen) atoms. The van der Waals surface area contributed by atoms with Gasteiger partial charge in [0.05, 0.1) is 6.61 Å². The monoisotopic (exact) mass is 155 g/mol. The van der Waals surface area contributed by atoms with Gasteiger partial charge in [-0.1, -0.05) is 12.2 Å². The number of aliphatic hydroxyl groups is 1. The Morgan fingerprint density at radius 1 is 1.73 bits per heavy atom. The largest absolute Gasteiger partial charge is 0.395 e. The average Bonchev–Trinajstić information content (AvgIpc) is 2.34. The number of likely N-dealkylation sites (tertiary alicyclic amines) is 1. The Balaban J connectivity index is 2.37. The molecule has 1 fully saturated rings. The second-order valence-corrected chi connectivity index (χ2v) is 3.41. The zero-order chi connectivity index (χ0) is 8.27. The number of hydrogen-bond acceptors (Lipinski definition) is 2. The average molecular weight is 155 g/mol. The molecule has 2 nitrogen and oxygen atoms in total. The lowest BCUT2D eigenvalue weighted by molar-refractivity contribution is 0.168. The smallest absolute Gasteiger partial charge is 0.0587 e. The lowest BCUT2D eigenvalue weighted by atomic mass is 10.2. The molecule has 0 amide bonds. The van der Waals surface area contributed by atoms with Gasteiger partial charge in [0.15, 0.2) is 0 Å². The summed E-state index contributed by atoms with van der Waals surface area (Å²) in [6.45, 7) is 8.27. The van der Waals surface area contributed by atoms with E-state index in [2.05, 4.69) is 11.5 Å². The van der Waals surface area contributed by atoms with Gasteiger partial charge in [-0.25, -0.2) is 0 Å². The van der Waals surface area contributed by atoms with Crippen LogP contribution < -0.4 is 0 Å². The number of nitrogens with zero attached hydrogens (tertiary/aromatic N) is 1. The van der Waals surface area contributed by atoms with Crippen molar-refractivity contribution in [2.75, 3.05) is 19.7 Å². The molecule has 0 aromatic carbocycles. The lowest BCUT2D eigenvalue weighted by Gasteiger charge is -2.22. The van der Waals surface area contributed by atoms with Crippen LogP contribution in [0.2, 0.25) is 0 Å². The maximum Gasteiger partial charge on any atom is 0.0587 e. The fourth-order valence-corrected chi connectivity index (χ4v) is 1.66. The Labute approximate surface area is 68.5 Å². The van der Waals surface area contributed by atoms with Gasteiger partial charge in [-0.15, -0.1) is 0 Å². The third-order valence-electron chi connectivity index (χ3n) is 2.18. The van der Waals surface area contributed by atoms with E-state index in [1.165, 1.54) is 12.0 Å². The molecule has 0 aromatic heterocycles. The highest BCUT2D eigenvalue weighted by Gasteiger charge is 2.22. The van der Waals surface area contributed by atoms with E-state index < -0.39 is 0 Å². The molecule has 0 aromatic rings. The zero-order valence-electron chi connectivity index (χ0n) is 7.21. The summed E-state index contributed by atoms with van der Waals surface area (Å²) in [6.07, 6.45) is 2.36. The topological polar surface area (TPSA) is 23.5 Å². The Hall–Kier alpha value is -0.340. The molecule has 1 rings (SSSR count). The van der Waals surface area contributed by atoms with Crippen LogP contribution in [-0.4, -0.2) is 35.7 Å². The minimum absolute atomic E-state index is 0.299. The molecule has 1 saturated heterocycles. The van der Waals surface area contributed by atoms with E-state index in [-0.39, 0.29) is 0 Å². The predicted octanol–water partition coefficient (Wildman–Crippen LogP) is 1.02. The standard InChI is InChI=1S/C9H17NO/c1-8(2)6-10-5-3-4-9(10)7-11/h9,11H,1,3-7H2,2H3/t9-/m1/s1. The molecular weight excluding hydrogens is 138 g/mol. The first-order valence-electron chi connectivity index (χ1n) is 4.23. The highest BCUT2D eigenvalue weighted by atomic mass is 16.3. The highest BCUT2D eigenvalue weighted by molar-refractivity contribution is 4.95. The second-order valence-electron chi connectivity index (χ2n) is 3.41. The van der Waals surface area contributed by atoms with Crippen molar-refractivity contribution in [2.45, 2.75) is 25.8 Å². The molecule has 0 spiro atoms. The van der Waals surface area contributed by atoms with E-state index in [1.807, 2.05) is 6.92 Å². The minimum atomic E-state index is 0.299. The normalized spacial score (nSPS) is 25.8. The van der Waals surface area contributed by atoms with Crippen molar-refractivity contribution in [3.63, 3.8) is 0 Å². The third kappa shape index (κ3) is 2.31. The van der Waals surface area contributed by atoms with Crippen molar-refractivity contribution in [3.05, 3.63) is 12.2 Å². The van der Waals surface area contributed by atoms with Crippen molar-refractivity contribution in [1.82, 2.24) is 4.90 Å². The Morgan fingerprint density at radius 3 is 3.00 bits per heavy atom. The van der Waals surface area contributed by atoms with Gasteiger partial charge in [0.25, 0.3) is 0 Å². The molecule has 1 aliphatic rings. The Morgan fingerprint density at radius 2 is 2.45 bits per heavy atom. The van der Waals surface area contributed by atoms with Crippen molar-refractivity contribution < 1.29 is 5.11 Å². The van der Waals surface area contributed by atoms with Crippen LogP contribution in [0.5, 0.6) is 0 Å². The van der Waals surface area contributed by atoms with Gasteiger partial charge in [-0.05, 0) is 26.3 Å². The molecule has 64 valence electrons. The number of aliphatic hydroxyl groups excluding tert-OH is 1. The van der Waals surface area contributed by atoms with Crippen LogP contribution >= 0.6 is 0 Å². The quantitative estimate of drug-likeness (QED) is 0.615. The van der Waals surface area contributed by atoms with Crippen molar-refractivity contribution in [1.29, 1.82) is 0 Å². The summed E-state index contributed by atoms with van der Waals surface area (Å²) in [5.41, 5.74) is 1.19. The van der Waals surface area contributed by atoms with Crippen LogP contribution in [0, 0.1) is 0 Å². The van der Waals surface area contributed by atoms with Crippen LogP contribution in [0.4, 0.5) is 0 Å². The minimum Gasteiger partial charge on any atom is -0.395 e. The first kappa shape index (κ1) is 8.75. The molecule has 0 bridgehead atoms. The molecule has 0 radical (unpaired) electrons. The molecule has 1 heterocycles. The number of hydrogen-bond donors (Lipinski definition) is 1. The molecule has 0 aliphatic carbocycles. The van der Waals surface area contributed by atoms with Gasteiger partial charge < -0.3 is 5.11 Å². The van der Waals surface area contributed by atoms with E-state index in [1.54, 1.807) is 0 Å². The SMILES string of the molecule is C=C(C)CN1CCC[C@@H]1CO. The molecule has 1 atom stereocenters. The lowest BCUT2D eigenvalue weighted by Crippen LogP contribution is -2.33. The maximum atomic E-state index is 8.98. The van der Waals surface area contributed by atoms with E-state index >= 15 is 0 Å². The molecular formula is C9H17NO. The summed E-state index contributed by atoms with van der Waals surface area (Å²) in [6, 6.07) is 0.395. The number of rotatable bonds is 3. The van der Waals surface area contributed by atoms with Crippen LogP contribution in [0.15, 0.2) is 12.2 Å². The highest BCUT2D eigenvalue weighted by Crippen LogP contribution is 2.17. The summed E-state index contributed by atoms with van der Waals surface area (Å²) in [5, 5.41) is 8.98. The maximum absolute atomic E-state index is 8.98. The van der Waals surface area contributed by atoms with Gasteiger partial charge in [-0.2, -0.15) is 0 Å². The summed E-state index contributed by atoms with van der Waals surface area (Å²) in [5.74, 6) is 0. The van der Waals surface area contributed by atoms with E-state index in [0.717, 1.165) is 19.5 Å².